The van der Waals surface area contributed by atoms with Gasteiger partial charge in [-0.2, -0.15) is 0 Å². The Hall–Kier alpha value is -4.38. The number of aliphatic hydroxyl groups excluding tert-OH is 1. The smallest absolute Gasteiger partial charge is 0.337 e. The fraction of sp³-hybridized carbons (Fsp3) is 0.167. The highest BCUT2D eigenvalue weighted by molar-refractivity contribution is 7.15. The molecule has 3 aromatic heterocycles. The van der Waals surface area contributed by atoms with Gasteiger partial charge in [-0.3, -0.25) is 18.9 Å². The van der Waals surface area contributed by atoms with Crippen molar-refractivity contribution in [1.29, 1.82) is 0 Å². The van der Waals surface area contributed by atoms with E-state index in [4.69, 9.17) is 4.74 Å². The molecule has 1 saturated heterocycles. The van der Waals surface area contributed by atoms with E-state index in [0.29, 0.717) is 33.2 Å². The number of aryl methyl sites for hydroxylation is 2. The molecule has 1 aliphatic rings. The van der Waals surface area contributed by atoms with Gasteiger partial charge >= 0.3 is 11.9 Å². The topological polar surface area (TPSA) is 127 Å². The number of pyridine rings is 1. The Morgan fingerprint density at radius 1 is 1.09 bits per heavy atom. The summed E-state index contributed by atoms with van der Waals surface area (Å²) >= 11 is 1.15. The average Bonchev–Trinajstić information content (AvgIpc) is 3.51. The van der Waals surface area contributed by atoms with Gasteiger partial charge in [-0.05, 0) is 43.7 Å². The lowest BCUT2D eigenvalue weighted by molar-refractivity contribution is -0.132. The van der Waals surface area contributed by atoms with Crippen LogP contribution >= 0.6 is 11.3 Å². The molecule has 1 aliphatic heterocycles. The van der Waals surface area contributed by atoms with Crippen molar-refractivity contribution < 1.29 is 24.2 Å². The van der Waals surface area contributed by atoms with Gasteiger partial charge < -0.3 is 9.84 Å². The Morgan fingerprint density at radius 3 is 2.49 bits per heavy atom. The molecule has 1 N–H and O–H groups in total. The van der Waals surface area contributed by atoms with E-state index in [2.05, 4.69) is 15.2 Å². The van der Waals surface area contributed by atoms with Crippen molar-refractivity contribution in [2.45, 2.75) is 19.9 Å². The molecule has 11 heteroatoms. The summed E-state index contributed by atoms with van der Waals surface area (Å²) in [4.78, 5) is 44.1. The molecular weight excluding hydrogens is 470 g/mol. The Labute approximate surface area is 203 Å². The van der Waals surface area contributed by atoms with Crippen LogP contribution in [-0.2, 0) is 14.3 Å². The molecule has 10 nitrogen and oxygen atoms in total. The number of fused-ring (bicyclic) bond motifs is 1. The zero-order chi connectivity index (χ0) is 24.9. The molecule has 0 aliphatic carbocycles. The lowest BCUT2D eigenvalue weighted by Gasteiger charge is -2.22. The van der Waals surface area contributed by atoms with Gasteiger partial charge in [-0.1, -0.05) is 29.5 Å². The number of ketones is 1. The van der Waals surface area contributed by atoms with E-state index in [-0.39, 0.29) is 16.5 Å². The molecule has 4 aromatic rings. The van der Waals surface area contributed by atoms with Crippen molar-refractivity contribution in [3.63, 3.8) is 0 Å². The highest BCUT2D eigenvalue weighted by Crippen LogP contribution is 2.43. The van der Waals surface area contributed by atoms with E-state index in [1.165, 1.54) is 24.1 Å². The molecule has 0 radical (unpaired) electrons. The monoisotopic (exact) mass is 489 g/mol. The number of rotatable bonds is 4. The normalized spacial score (nSPS) is 17.3. The number of carbonyl (C=O) groups is 3. The molecule has 1 unspecified atom stereocenters. The van der Waals surface area contributed by atoms with Gasteiger partial charge in [0.1, 0.15) is 16.3 Å². The van der Waals surface area contributed by atoms with Gasteiger partial charge in [0, 0.05) is 6.20 Å². The molecular formula is C24H19N5O5S. The summed E-state index contributed by atoms with van der Waals surface area (Å²) in [6, 6.07) is 10.6. The van der Waals surface area contributed by atoms with E-state index in [1.54, 1.807) is 48.7 Å². The number of ether oxygens (including phenoxy) is 1. The number of aromatic nitrogens is 4. The Morgan fingerprint density at radius 2 is 1.83 bits per heavy atom. The number of nitrogens with zero attached hydrogens (tertiary/aromatic N) is 5. The van der Waals surface area contributed by atoms with Crippen LogP contribution in [0.4, 0.5) is 5.13 Å². The van der Waals surface area contributed by atoms with Crippen LogP contribution in [0.2, 0.25) is 0 Å². The first-order valence-electron chi connectivity index (χ1n) is 10.5. The molecule has 0 bridgehead atoms. The molecule has 1 aromatic carbocycles. The molecule has 1 fully saturated rings. The predicted octanol–water partition coefficient (Wildman–Crippen LogP) is 3.22. The number of amides is 1. The number of benzene rings is 1. The van der Waals surface area contributed by atoms with Crippen LogP contribution in [0.15, 0.2) is 54.2 Å². The maximum absolute atomic E-state index is 13.3. The highest BCUT2D eigenvalue weighted by atomic mass is 32.1. The minimum atomic E-state index is -0.997. The van der Waals surface area contributed by atoms with Crippen LogP contribution < -0.4 is 4.90 Å². The Kier molecular flexibility index (Phi) is 5.40. The summed E-state index contributed by atoms with van der Waals surface area (Å²) in [6.07, 6.45) is 1.72. The maximum atomic E-state index is 13.3. The summed E-state index contributed by atoms with van der Waals surface area (Å²) in [7, 11) is 1.28. The Bertz CT molecular complexity index is 1540. The number of hydrogen-bond acceptors (Lipinski definition) is 9. The van der Waals surface area contributed by atoms with Crippen LogP contribution in [0.5, 0.6) is 0 Å². The first kappa shape index (κ1) is 22.4. The minimum Gasteiger partial charge on any atom is -0.505 e. The number of Topliss-reactive ketones (excluding diaryl/α,β-unsaturated/α-hetero) is 1. The largest absolute Gasteiger partial charge is 0.505 e. The number of aliphatic hydroxyl groups is 1. The van der Waals surface area contributed by atoms with Gasteiger partial charge in [0.05, 0.1) is 30.0 Å². The standard InChI is InChI=1S/C24H19N5O5S/c1-12-18(28-11-5-4-6-16(28)25-12)20(30)17-19(14-7-9-15(10-8-14)23(33)34-3)29(22(32)21(17)31)24-27-26-13(2)35-24/h4-11,19,30H,1-3H3. The first-order chi connectivity index (χ1) is 16.8. The van der Waals surface area contributed by atoms with E-state index < -0.39 is 23.7 Å². The summed E-state index contributed by atoms with van der Waals surface area (Å²) in [6.45, 7) is 3.45. The van der Waals surface area contributed by atoms with E-state index in [0.717, 1.165) is 11.3 Å². The van der Waals surface area contributed by atoms with Crippen molar-refractivity contribution in [1.82, 2.24) is 19.6 Å². The molecule has 1 amide bonds. The van der Waals surface area contributed by atoms with Crippen LogP contribution in [0.25, 0.3) is 11.4 Å². The van der Waals surface area contributed by atoms with Crippen molar-refractivity contribution in [3.8, 4) is 0 Å². The van der Waals surface area contributed by atoms with Gasteiger partial charge in [0.15, 0.2) is 5.76 Å². The Balaban J connectivity index is 1.75. The fourth-order valence-corrected chi connectivity index (χ4v) is 4.89. The summed E-state index contributed by atoms with van der Waals surface area (Å²) in [5.74, 6) is -2.57. The van der Waals surface area contributed by atoms with Crippen molar-refractivity contribution in [2.24, 2.45) is 0 Å². The van der Waals surface area contributed by atoms with E-state index in [9.17, 15) is 19.5 Å². The van der Waals surface area contributed by atoms with Gasteiger partial charge in [0.25, 0.3) is 5.78 Å². The number of imidazole rings is 1. The van der Waals surface area contributed by atoms with Crippen LogP contribution in [0.1, 0.15) is 38.4 Å². The quantitative estimate of drug-likeness (QED) is 0.200. The molecule has 1 atom stereocenters. The minimum absolute atomic E-state index is 0.109. The fourth-order valence-electron chi connectivity index (χ4n) is 4.17. The van der Waals surface area contributed by atoms with E-state index in [1.807, 2.05) is 6.07 Å². The molecule has 0 spiro atoms. The van der Waals surface area contributed by atoms with Gasteiger partial charge in [-0.25, -0.2) is 9.78 Å². The number of carbonyl (C=O) groups excluding carboxylic acids is 3. The van der Waals surface area contributed by atoms with Crippen LogP contribution in [-0.4, -0.2) is 49.5 Å². The SMILES string of the molecule is COC(=O)c1ccc(C2C(=C(O)c3c(C)nc4ccccn34)C(=O)C(=O)N2c2nnc(C)s2)cc1. The van der Waals surface area contributed by atoms with Crippen molar-refractivity contribution in [2.75, 3.05) is 12.0 Å². The molecule has 4 heterocycles. The molecule has 0 saturated carbocycles. The predicted molar refractivity (Wildman–Crippen MR) is 127 cm³/mol. The summed E-state index contributed by atoms with van der Waals surface area (Å²) < 4.78 is 6.42. The second-order valence-corrected chi connectivity index (χ2v) is 9.02. The van der Waals surface area contributed by atoms with E-state index >= 15 is 0 Å². The number of esters is 1. The van der Waals surface area contributed by atoms with Crippen LogP contribution in [0.3, 0.4) is 0 Å². The van der Waals surface area contributed by atoms with Crippen LogP contribution in [0, 0.1) is 13.8 Å². The lowest BCUT2D eigenvalue weighted by atomic mass is 9.95. The summed E-state index contributed by atoms with van der Waals surface area (Å²) in [5, 5.41) is 20.4. The second kappa shape index (κ2) is 8.44. The number of methoxy groups -OCH3 is 1. The molecule has 176 valence electrons. The number of anilines is 1. The maximum Gasteiger partial charge on any atom is 0.337 e. The summed E-state index contributed by atoms with van der Waals surface area (Å²) in [5.41, 5.74) is 2.08. The average molecular weight is 490 g/mol. The van der Waals surface area contributed by atoms with Crippen molar-refractivity contribution in [3.05, 3.63) is 81.8 Å². The second-order valence-electron chi connectivity index (χ2n) is 7.86. The number of hydrogen-bond donors (Lipinski definition) is 1. The molecule has 35 heavy (non-hydrogen) atoms. The van der Waals surface area contributed by atoms with Gasteiger partial charge in [-0.15, -0.1) is 10.2 Å². The van der Waals surface area contributed by atoms with Crippen molar-refractivity contribution >= 4 is 45.5 Å². The third kappa shape index (κ3) is 3.56. The zero-order valence-corrected chi connectivity index (χ0v) is 19.7. The zero-order valence-electron chi connectivity index (χ0n) is 18.9. The lowest BCUT2D eigenvalue weighted by Crippen LogP contribution is -2.29. The first-order valence-corrected chi connectivity index (χ1v) is 11.4. The third-order valence-corrected chi connectivity index (χ3v) is 6.58. The highest BCUT2D eigenvalue weighted by Gasteiger charge is 2.48. The third-order valence-electron chi connectivity index (χ3n) is 5.74. The molecule has 5 rings (SSSR count). The van der Waals surface area contributed by atoms with Gasteiger partial charge in [0.2, 0.25) is 5.13 Å².